The third-order valence-corrected chi connectivity index (χ3v) is 15.1. The Balaban J connectivity index is 1.07. The highest BCUT2D eigenvalue weighted by molar-refractivity contribution is 5.96. The van der Waals surface area contributed by atoms with Gasteiger partial charge in [-0.25, -0.2) is 10.2 Å². The summed E-state index contributed by atoms with van der Waals surface area (Å²) in [5.74, 6) is -1.69. The van der Waals surface area contributed by atoms with Gasteiger partial charge in [-0.3, -0.25) is 29.2 Å². The number of hydrogen-bond acceptors (Lipinski definition) is 11. The molecule has 17 nitrogen and oxygen atoms in total. The Hall–Kier alpha value is -5.78. The number of aromatic hydroxyl groups is 1. The van der Waals surface area contributed by atoms with E-state index in [2.05, 4.69) is 53.5 Å². The van der Waals surface area contributed by atoms with Crippen LogP contribution >= 0.6 is 0 Å². The van der Waals surface area contributed by atoms with Crippen molar-refractivity contribution in [2.75, 3.05) is 46.9 Å². The fourth-order valence-electron chi connectivity index (χ4n) is 11.4. The first kappa shape index (κ1) is 48.3. The number of cyclic esters (lactones) is 1. The van der Waals surface area contributed by atoms with Gasteiger partial charge in [-0.15, -0.1) is 0 Å². The Labute approximate surface area is 404 Å². The molecule has 0 unspecified atom stereocenters. The molecule has 0 saturated carbocycles. The summed E-state index contributed by atoms with van der Waals surface area (Å²) in [6.45, 7) is 14.8. The maximum absolute atomic E-state index is 14.8. The van der Waals surface area contributed by atoms with Crippen LogP contribution in [-0.4, -0.2) is 155 Å². The van der Waals surface area contributed by atoms with Crippen molar-refractivity contribution in [2.24, 2.45) is 16.3 Å². The zero-order valence-corrected chi connectivity index (χ0v) is 41.3. The molecular formula is C52H69N9O8. The summed E-state index contributed by atoms with van der Waals surface area (Å²) in [6, 6.07) is 8.07. The lowest BCUT2D eigenvalue weighted by atomic mass is 9.83. The number of urea groups is 1. The van der Waals surface area contributed by atoms with Gasteiger partial charge in [0.25, 0.3) is 5.91 Å². The summed E-state index contributed by atoms with van der Waals surface area (Å²) in [4.78, 5) is 80.5. The summed E-state index contributed by atoms with van der Waals surface area (Å²) in [5.41, 5.74) is 10.1. The quantitative estimate of drug-likeness (QED) is 0.173. The SMILES string of the molecule is CCn1c(C2=C([C@H](C)OC)N=CCC2)c2c3cc(ccc31)-c1cc(O)cc(c1)C[C@H](NC(=O)[C@H](C(C)C)N(C)C(=O)N1C[C@@H]3[C@H]1CCN3C(=O)[C@H]1CN1)C(=O)N1CCC[C@H](N1)C(=O)OCC(C)(C)C2. The number of carbonyl (C=O) groups excluding carboxylic acids is 5. The summed E-state index contributed by atoms with van der Waals surface area (Å²) < 4.78 is 14.3. The molecule has 6 bridgehead atoms. The lowest BCUT2D eigenvalue weighted by molar-refractivity contribution is -0.155. The molecule has 4 N–H and O–H groups in total. The van der Waals surface area contributed by atoms with E-state index >= 15 is 0 Å². The maximum atomic E-state index is 14.8. The van der Waals surface area contributed by atoms with Crippen molar-refractivity contribution in [3.8, 4) is 16.9 Å². The van der Waals surface area contributed by atoms with Crippen LogP contribution in [0.1, 0.15) is 90.5 Å². The average Bonchev–Trinajstić information content (AvgIpc) is 4.07. The highest BCUT2D eigenvalue weighted by Gasteiger charge is 2.54. The van der Waals surface area contributed by atoms with Gasteiger partial charge in [-0.1, -0.05) is 39.8 Å². The number of amides is 5. The van der Waals surface area contributed by atoms with Crippen LogP contribution in [0.25, 0.3) is 27.6 Å². The number of aromatic nitrogens is 1. The van der Waals surface area contributed by atoms with Crippen molar-refractivity contribution in [3.63, 3.8) is 0 Å². The van der Waals surface area contributed by atoms with Crippen molar-refractivity contribution in [2.45, 2.75) is 135 Å². The number of methoxy groups -OCH3 is 1. The Kier molecular flexibility index (Phi) is 13.4. The van der Waals surface area contributed by atoms with Crippen molar-refractivity contribution >= 4 is 52.4 Å². The van der Waals surface area contributed by atoms with Gasteiger partial charge < -0.3 is 44.5 Å². The first-order chi connectivity index (χ1) is 33.0. The molecule has 69 heavy (non-hydrogen) atoms. The number of carbonyl (C=O) groups is 5. The molecule has 4 fully saturated rings. The van der Waals surface area contributed by atoms with Gasteiger partial charge in [0, 0.05) is 81.4 Å². The number of allylic oxidation sites excluding steroid dienone is 1. The minimum atomic E-state index is -1.15. The third kappa shape index (κ3) is 9.37. The number of likely N-dealkylation sites (N-methyl/N-ethyl adjacent to an activating group) is 1. The minimum Gasteiger partial charge on any atom is -0.508 e. The van der Waals surface area contributed by atoms with Gasteiger partial charge in [-0.2, -0.15) is 0 Å². The normalized spacial score (nSPS) is 25.5. The van der Waals surface area contributed by atoms with Crippen molar-refractivity contribution in [1.29, 1.82) is 0 Å². The Morgan fingerprint density at radius 2 is 1.83 bits per heavy atom. The Morgan fingerprint density at radius 3 is 2.55 bits per heavy atom. The number of phenolic OH excluding ortho intramolecular Hbond substituents is 1. The highest BCUT2D eigenvalue weighted by atomic mass is 16.5. The van der Waals surface area contributed by atoms with Gasteiger partial charge >= 0.3 is 12.0 Å². The number of nitrogens with zero attached hydrogens (tertiary/aromatic N) is 6. The summed E-state index contributed by atoms with van der Waals surface area (Å²) >= 11 is 0. The van der Waals surface area contributed by atoms with E-state index in [9.17, 15) is 29.1 Å². The first-order valence-electron chi connectivity index (χ1n) is 24.9. The topological polar surface area (TPSA) is 200 Å². The number of ether oxygens (including phenoxy) is 2. The molecule has 1 aromatic heterocycles. The van der Waals surface area contributed by atoms with Crippen molar-refractivity contribution in [1.82, 2.24) is 40.3 Å². The van der Waals surface area contributed by atoms with E-state index in [-0.39, 0.29) is 67.4 Å². The number of hydrazine groups is 1. The summed E-state index contributed by atoms with van der Waals surface area (Å²) in [6.07, 6.45) is 5.53. The van der Waals surface area contributed by atoms with Crippen LogP contribution in [0.5, 0.6) is 5.75 Å². The smallest absolute Gasteiger partial charge is 0.324 e. The molecule has 3 aromatic rings. The fourth-order valence-corrected chi connectivity index (χ4v) is 11.4. The fraction of sp³-hybridized carbons (Fsp3) is 0.577. The number of nitrogens with one attached hydrogen (secondary N) is 3. The van der Waals surface area contributed by atoms with Crippen LogP contribution in [0.4, 0.5) is 4.79 Å². The van der Waals surface area contributed by atoms with E-state index in [1.165, 1.54) is 9.91 Å². The predicted molar refractivity (Wildman–Crippen MR) is 262 cm³/mol. The predicted octanol–water partition coefficient (Wildman–Crippen LogP) is 4.63. The molecule has 6 aliphatic heterocycles. The number of fused-ring (bicyclic) bond motifs is 7. The van der Waals surface area contributed by atoms with E-state index in [1.807, 2.05) is 44.0 Å². The first-order valence-corrected chi connectivity index (χ1v) is 24.9. The average molecular weight is 948 g/mol. The van der Waals surface area contributed by atoms with Crippen LogP contribution in [0.2, 0.25) is 0 Å². The molecule has 2 aromatic carbocycles. The van der Waals surface area contributed by atoms with Gasteiger partial charge in [0.1, 0.15) is 23.9 Å². The summed E-state index contributed by atoms with van der Waals surface area (Å²) in [5, 5.41) is 19.9. The number of hydrogen-bond donors (Lipinski definition) is 4. The molecule has 0 spiro atoms. The summed E-state index contributed by atoms with van der Waals surface area (Å²) in [7, 11) is 3.31. The van der Waals surface area contributed by atoms with Crippen LogP contribution in [0.15, 0.2) is 47.1 Å². The number of benzene rings is 2. The second kappa shape index (κ2) is 19.2. The van der Waals surface area contributed by atoms with Crippen LogP contribution in [0, 0.1) is 11.3 Å². The third-order valence-electron chi connectivity index (χ3n) is 15.1. The molecule has 9 rings (SSSR count). The minimum absolute atomic E-state index is 0.00355. The van der Waals surface area contributed by atoms with Crippen LogP contribution in [0.3, 0.4) is 0 Å². The molecule has 7 atom stereocenters. The number of phenols is 1. The molecule has 5 amide bonds. The van der Waals surface area contributed by atoms with Crippen LogP contribution in [-0.2, 0) is 48.0 Å². The molecule has 4 saturated heterocycles. The molecule has 7 heterocycles. The number of likely N-dealkylation sites (tertiary alicyclic amines) is 2. The molecular weight excluding hydrogens is 879 g/mol. The number of aryl methyl sites for hydroxylation is 1. The number of aliphatic imine (C=N–C) groups is 1. The second-order valence-electron chi connectivity index (χ2n) is 21.0. The molecule has 6 aliphatic rings. The van der Waals surface area contributed by atoms with Crippen molar-refractivity contribution < 1.29 is 38.6 Å². The van der Waals surface area contributed by atoms with Gasteiger partial charge in [0.15, 0.2) is 0 Å². The molecule has 17 heteroatoms. The monoisotopic (exact) mass is 948 g/mol. The Bertz CT molecular complexity index is 2600. The largest absolute Gasteiger partial charge is 0.508 e. The van der Waals surface area contributed by atoms with E-state index in [1.54, 1.807) is 31.2 Å². The lowest BCUT2D eigenvalue weighted by Gasteiger charge is -2.48. The number of esters is 1. The standard InChI is InChI=1S/C52H69N9O8/c1-9-58-41-15-14-32-24-36(41)37(46(58)35-12-10-17-53-44(35)30(4)68-8)25-52(5,6)28-69-50(66)38-13-11-18-61(56-38)49(65)39(22-31-20-33(32)23-34(62)21-31)55-47(63)45(29(2)3)57(7)51(67)60-27-43-42(60)16-19-59(43)48(64)40-26-54-40/h14-15,17,20-21,23-24,29-30,38-40,42-43,45,54,56,62H,9-13,16,18-19,22,25-28H2,1-8H3,(H,55,63)/t30-,38-,39-,40+,42+,43+,45-/m0/s1. The highest BCUT2D eigenvalue weighted by Crippen LogP contribution is 2.42. The van der Waals surface area contributed by atoms with Crippen LogP contribution < -0.4 is 16.1 Å². The van der Waals surface area contributed by atoms with E-state index < -0.39 is 41.3 Å². The van der Waals surface area contributed by atoms with E-state index in [0.29, 0.717) is 57.4 Å². The maximum Gasteiger partial charge on any atom is 0.324 e. The zero-order valence-electron chi connectivity index (χ0n) is 41.3. The van der Waals surface area contributed by atoms with Gasteiger partial charge in [0.05, 0.1) is 42.2 Å². The Morgan fingerprint density at radius 1 is 1.04 bits per heavy atom. The van der Waals surface area contributed by atoms with E-state index in [0.717, 1.165) is 57.4 Å². The van der Waals surface area contributed by atoms with Crippen molar-refractivity contribution in [3.05, 3.63) is 58.9 Å². The van der Waals surface area contributed by atoms with E-state index in [4.69, 9.17) is 14.5 Å². The molecule has 0 radical (unpaired) electrons. The number of rotatable bonds is 9. The lowest BCUT2D eigenvalue weighted by Crippen LogP contribution is -2.68. The van der Waals surface area contributed by atoms with Gasteiger partial charge in [-0.05, 0) is 105 Å². The van der Waals surface area contributed by atoms with Gasteiger partial charge in [0.2, 0.25) is 11.8 Å². The zero-order chi connectivity index (χ0) is 49.1. The molecule has 0 aliphatic carbocycles. The molecule has 370 valence electrons. The second-order valence-corrected chi connectivity index (χ2v) is 21.0.